The molecule has 0 aliphatic rings. The molecule has 0 atom stereocenters. The maximum atomic E-state index is 12.3. The van der Waals surface area contributed by atoms with Crippen molar-refractivity contribution in [3.63, 3.8) is 0 Å². The van der Waals surface area contributed by atoms with Gasteiger partial charge in [-0.05, 0) is 42.3 Å². The first kappa shape index (κ1) is 16.1. The molecule has 0 fully saturated rings. The van der Waals surface area contributed by atoms with Crippen LogP contribution in [0.25, 0.3) is 11.1 Å². The monoisotopic (exact) mass is 344 g/mol. The molecule has 0 saturated carbocycles. The molecule has 2 aromatic carbocycles. The SMILES string of the molecule is COc1cccc(-c2ccc(S(=O)(=O)Nc3cc(C)no3)cc2)c1. The third-order valence-electron chi connectivity index (χ3n) is 3.43. The number of nitrogens with one attached hydrogen (secondary N) is 1. The van der Waals surface area contributed by atoms with E-state index in [0.29, 0.717) is 5.69 Å². The van der Waals surface area contributed by atoms with Crippen molar-refractivity contribution in [3.05, 3.63) is 60.3 Å². The molecule has 3 aromatic rings. The lowest BCUT2D eigenvalue weighted by Gasteiger charge is -2.07. The number of hydrogen-bond acceptors (Lipinski definition) is 5. The quantitative estimate of drug-likeness (QED) is 0.766. The van der Waals surface area contributed by atoms with E-state index in [0.717, 1.165) is 16.9 Å². The minimum Gasteiger partial charge on any atom is -0.497 e. The third kappa shape index (κ3) is 3.41. The third-order valence-corrected chi connectivity index (χ3v) is 4.79. The summed E-state index contributed by atoms with van der Waals surface area (Å²) in [7, 11) is -2.12. The number of sulfonamides is 1. The zero-order valence-electron chi connectivity index (χ0n) is 13.2. The number of aromatic nitrogens is 1. The van der Waals surface area contributed by atoms with Crippen LogP contribution in [0.4, 0.5) is 5.88 Å². The Labute approximate surface area is 140 Å². The van der Waals surface area contributed by atoms with Gasteiger partial charge >= 0.3 is 0 Å². The van der Waals surface area contributed by atoms with Crippen LogP contribution in [-0.4, -0.2) is 20.7 Å². The van der Waals surface area contributed by atoms with Gasteiger partial charge in [-0.15, -0.1) is 0 Å². The molecular formula is C17H16N2O4S. The molecule has 0 aliphatic heterocycles. The molecule has 0 bridgehead atoms. The Morgan fingerprint density at radius 2 is 1.79 bits per heavy atom. The Balaban J connectivity index is 1.85. The minimum absolute atomic E-state index is 0.0874. The fraction of sp³-hybridized carbons (Fsp3) is 0.118. The maximum Gasteiger partial charge on any atom is 0.264 e. The zero-order chi connectivity index (χ0) is 17.2. The Hall–Kier alpha value is -2.80. The van der Waals surface area contributed by atoms with Gasteiger partial charge in [-0.1, -0.05) is 29.4 Å². The highest BCUT2D eigenvalue weighted by atomic mass is 32.2. The number of methoxy groups -OCH3 is 1. The van der Waals surface area contributed by atoms with E-state index < -0.39 is 10.0 Å². The predicted octanol–water partition coefficient (Wildman–Crippen LogP) is 3.46. The second-order valence-corrected chi connectivity index (χ2v) is 6.88. The molecule has 0 spiro atoms. The summed E-state index contributed by atoms with van der Waals surface area (Å²) in [5, 5.41) is 3.65. The number of hydrogen-bond donors (Lipinski definition) is 1. The van der Waals surface area contributed by atoms with Crippen molar-refractivity contribution in [2.24, 2.45) is 0 Å². The number of benzene rings is 2. The van der Waals surface area contributed by atoms with Gasteiger partial charge < -0.3 is 9.26 Å². The fourth-order valence-corrected chi connectivity index (χ4v) is 3.21. The van der Waals surface area contributed by atoms with Gasteiger partial charge in [-0.2, -0.15) is 0 Å². The van der Waals surface area contributed by atoms with Crippen LogP contribution in [0.15, 0.2) is 64.0 Å². The highest BCUT2D eigenvalue weighted by molar-refractivity contribution is 7.92. The first-order chi connectivity index (χ1) is 11.5. The van der Waals surface area contributed by atoms with Crippen LogP contribution in [0.2, 0.25) is 0 Å². The maximum absolute atomic E-state index is 12.3. The highest BCUT2D eigenvalue weighted by Crippen LogP contribution is 2.25. The van der Waals surface area contributed by atoms with Crippen molar-refractivity contribution in [2.45, 2.75) is 11.8 Å². The fourth-order valence-electron chi connectivity index (χ4n) is 2.23. The molecule has 6 nitrogen and oxygen atoms in total. The van der Waals surface area contributed by atoms with E-state index >= 15 is 0 Å². The van der Waals surface area contributed by atoms with Crippen LogP contribution >= 0.6 is 0 Å². The van der Waals surface area contributed by atoms with E-state index in [1.165, 1.54) is 6.07 Å². The molecule has 0 radical (unpaired) electrons. The Morgan fingerprint density at radius 3 is 2.42 bits per heavy atom. The van der Waals surface area contributed by atoms with Gasteiger partial charge in [0.05, 0.1) is 17.7 Å². The van der Waals surface area contributed by atoms with Gasteiger partial charge in [0.15, 0.2) is 0 Å². The normalized spacial score (nSPS) is 11.2. The van der Waals surface area contributed by atoms with E-state index in [4.69, 9.17) is 9.26 Å². The van der Waals surface area contributed by atoms with E-state index in [-0.39, 0.29) is 10.8 Å². The summed E-state index contributed by atoms with van der Waals surface area (Å²) >= 11 is 0. The number of ether oxygens (including phenoxy) is 1. The number of nitrogens with zero attached hydrogens (tertiary/aromatic N) is 1. The van der Waals surface area contributed by atoms with Crippen LogP contribution < -0.4 is 9.46 Å². The van der Waals surface area contributed by atoms with Gasteiger partial charge in [0, 0.05) is 6.07 Å². The van der Waals surface area contributed by atoms with Crippen LogP contribution in [-0.2, 0) is 10.0 Å². The van der Waals surface area contributed by atoms with Crippen LogP contribution in [0.1, 0.15) is 5.69 Å². The summed E-state index contributed by atoms with van der Waals surface area (Å²) in [4.78, 5) is 0.142. The topological polar surface area (TPSA) is 81.4 Å². The van der Waals surface area contributed by atoms with E-state index in [9.17, 15) is 8.42 Å². The van der Waals surface area contributed by atoms with E-state index in [1.807, 2.05) is 24.3 Å². The van der Waals surface area contributed by atoms with Gasteiger partial charge in [0.25, 0.3) is 10.0 Å². The van der Waals surface area contributed by atoms with Crippen molar-refractivity contribution in [1.82, 2.24) is 5.16 Å². The van der Waals surface area contributed by atoms with Gasteiger partial charge in [0.2, 0.25) is 5.88 Å². The lowest BCUT2D eigenvalue weighted by molar-refractivity contribution is 0.415. The molecule has 7 heteroatoms. The van der Waals surface area contributed by atoms with Crippen molar-refractivity contribution in [3.8, 4) is 16.9 Å². The molecule has 0 amide bonds. The highest BCUT2D eigenvalue weighted by Gasteiger charge is 2.16. The standard InChI is InChI=1S/C17H16N2O4S/c1-12-10-17(23-18-12)19-24(20,21)16-8-6-13(7-9-16)14-4-3-5-15(11-14)22-2/h3-11,19H,1-2H3. The summed E-state index contributed by atoms with van der Waals surface area (Å²) < 4.78 is 37.1. The molecule has 3 rings (SSSR count). The van der Waals surface area contributed by atoms with Crippen molar-refractivity contribution in [2.75, 3.05) is 11.8 Å². The van der Waals surface area contributed by atoms with E-state index in [1.54, 1.807) is 38.3 Å². The second-order valence-electron chi connectivity index (χ2n) is 5.19. The smallest absolute Gasteiger partial charge is 0.264 e. The molecule has 1 aromatic heterocycles. The summed E-state index contributed by atoms with van der Waals surface area (Å²) in [6.45, 7) is 1.71. The average Bonchev–Trinajstić information content (AvgIpc) is 2.99. The molecule has 1 heterocycles. The molecule has 124 valence electrons. The number of rotatable bonds is 5. The largest absolute Gasteiger partial charge is 0.497 e. The first-order valence-corrected chi connectivity index (χ1v) is 8.67. The summed E-state index contributed by atoms with van der Waals surface area (Å²) in [5.41, 5.74) is 2.43. The molecular weight excluding hydrogens is 328 g/mol. The van der Waals surface area contributed by atoms with Crippen LogP contribution in [0.3, 0.4) is 0 Å². The van der Waals surface area contributed by atoms with Gasteiger partial charge in [-0.25, -0.2) is 13.1 Å². The van der Waals surface area contributed by atoms with Gasteiger partial charge in [-0.3, -0.25) is 0 Å². The average molecular weight is 344 g/mol. The lowest BCUT2D eigenvalue weighted by atomic mass is 10.1. The second kappa shape index (κ2) is 6.37. The lowest BCUT2D eigenvalue weighted by Crippen LogP contribution is -2.12. The Bertz CT molecular complexity index is 947. The predicted molar refractivity (Wildman–Crippen MR) is 90.5 cm³/mol. The van der Waals surface area contributed by atoms with Crippen molar-refractivity contribution < 1.29 is 17.7 Å². The summed E-state index contributed by atoms with van der Waals surface area (Å²) in [6, 6.07) is 15.6. The van der Waals surface area contributed by atoms with Crippen LogP contribution in [0.5, 0.6) is 5.75 Å². The molecule has 0 unspecified atom stereocenters. The van der Waals surface area contributed by atoms with Crippen LogP contribution in [0, 0.1) is 6.92 Å². The Morgan fingerprint density at radius 1 is 1.04 bits per heavy atom. The minimum atomic E-state index is -3.72. The molecule has 1 N–H and O–H groups in total. The first-order valence-electron chi connectivity index (χ1n) is 7.18. The van der Waals surface area contributed by atoms with Gasteiger partial charge in [0.1, 0.15) is 5.75 Å². The molecule has 0 saturated heterocycles. The molecule has 0 aliphatic carbocycles. The molecule has 24 heavy (non-hydrogen) atoms. The Kier molecular flexibility index (Phi) is 4.26. The van der Waals surface area contributed by atoms with E-state index in [2.05, 4.69) is 9.88 Å². The number of anilines is 1. The summed E-state index contributed by atoms with van der Waals surface area (Å²) in [6.07, 6.45) is 0. The van der Waals surface area contributed by atoms with Crippen molar-refractivity contribution >= 4 is 15.9 Å². The zero-order valence-corrected chi connectivity index (χ0v) is 14.0. The number of aryl methyl sites for hydroxylation is 1. The summed E-state index contributed by atoms with van der Waals surface area (Å²) in [5.74, 6) is 0.830. The van der Waals surface area contributed by atoms with Crippen molar-refractivity contribution in [1.29, 1.82) is 0 Å².